The van der Waals surface area contributed by atoms with E-state index >= 15 is 0 Å². The molecule has 1 aromatic rings. The summed E-state index contributed by atoms with van der Waals surface area (Å²) in [5.74, 6) is -0.0599. The Bertz CT molecular complexity index is 895. The molecule has 3 aliphatic rings. The van der Waals surface area contributed by atoms with Crippen molar-refractivity contribution in [2.45, 2.75) is 50.9 Å². The molecule has 5 unspecified atom stereocenters. The molecule has 33 heavy (non-hydrogen) atoms. The van der Waals surface area contributed by atoms with E-state index in [1.807, 2.05) is 24.3 Å². The molecule has 180 valence electrons. The van der Waals surface area contributed by atoms with Crippen molar-refractivity contribution < 1.29 is 29.3 Å². The summed E-state index contributed by atoms with van der Waals surface area (Å²) in [7, 11) is 0. The molecule has 2 amide bonds. The van der Waals surface area contributed by atoms with Crippen molar-refractivity contribution in [2.24, 2.45) is 11.8 Å². The predicted octanol–water partition coefficient (Wildman–Crippen LogP) is 1.22. The third kappa shape index (κ3) is 4.78. The Morgan fingerprint density at radius 2 is 2.06 bits per heavy atom. The first-order valence-electron chi connectivity index (χ1n) is 11.8. The Morgan fingerprint density at radius 1 is 1.27 bits per heavy atom. The number of aliphatic hydroxyl groups is 2. The molecule has 5 atom stereocenters. The zero-order valence-electron chi connectivity index (χ0n) is 19.3. The first-order valence-corrected chi connectivity index (χ1v) is 11.8. The van der Waals surface area contributed by atoms with Crippen LogP contribution in [0.2, 0.25) is 0 Å². The van der Waals surface area contributed by atoms with Crippen LogP contribution in [0.3, 0.4) is 0 Å². The Kier molecular flexibility index (Phi) is 7.36. The third-order valence-corrected chi connectivity index (χ3v) is 6.75. The molecule has 8 nitrogen and oxygen atoms in total. The standard InChI is InChI=1S/C25H34N2O6/c1-15(2)7-10-27(25(31)16-8-12-32-14-16)19-13-18(24(30)26-9-11-28)21-17-5-3-4-6-20(17)33-23(21)22(19)29/h3-6,13,15-16,19,21-23,28-29H,7-12,14H2,1-2H3,(H,26,30). The van der Waals surface area contributed by atoms with Crippen LogP contribution in [0.25, 0.3) is 0 Å². The van der Waals surface area contributed by atoms with Crippen LogP contribution in [0.1, 0.15) is 38.2 Å². The average Bonchev–Trinajstić information content (AvgIpc) is 3.47. The van der Waals surface area contributed by atoms with E-state index in [2.05, 4.69) is 19.2 Å². The number of aliphatic hydroxyl groups excluding tert-OH is 2. The summed E-state index contributed by atoms with van der Waals surface area (Å²) in [5, 5.41) is 23.4. The molecule has 3 N–H and O–H groups in total. The van der Waals surface area contributed by atoms with E-state index in [1.165, 1.54) is 0 Å². The summed E-state index contributed by atoms with van der Waals surface area (Å²) < 4.78 is 11.6. The van der Waals surface area contributed by atoms with E-state index in [9.17, 15) is 19.8 Å². The molecular formula is C25H34N2O6. The van der Waals surface area contributed by atoms with Gasteiger partial charge in [0.25, 0.3) is 0 Å². The van der Waals surface area contributed by atoms with Gasteiger partial charge in [-0.05, 0) is 30.9 Å². The summed E-state index contributed by atoms with van der Waals surface area (Å²) in [6.45, 7) is 5.54. The van der Waals surface area contributed by atoms with Gasteiger partial charge >= 0.3 is 0 Å². The van der Waals surface area contributed by atoms with Crippen molar-refractivity contribution in [1.29, 1.82) is 0 Å². The molecule has 0 saturated carbocycles. The quantitative estimate of drug-likeness (QED) is 0.541. The molecule has 1 fully saturated rings. The summed E-state index contributed by atoms with van der Waals surface area (Å²) in [6.07, 6.45) is 1.49. The number of para-hydroxylation sites is 1. The smallest absolute Gasteiger partial charge is 0.247 e. The average molecular weight is 459 g/mol. The largest absolute Gasteiger partial charge is 0.486 e. The van der Waals surface area contributed by atoms with Crippen molar-refractivity contribution in [3.63, 3.8) is 0 Å². The fourth-order valence-corrected chi connectivity index (χ4v) is 4.96. The van der Waals surface area contributed by atoms with Crippen LogP contribution in [0, 0.1) is 11.8 Å². The second-order valence-electron chi connectivity index (χ2n) is 9.46. The van der Waals surface area contributed by atoms with Gasteiger partial charge in [-0.2, -0.15) is 0 Å². The summed E-state index contributed by atoms with van der Waals surface area (Å²) in [5.41, 5.74) is 1.30. The lowest BCUT2D eigenvalue weighted by atomic mass is 9.77. The molecule has 1 saturated heterocycles. The van der Waals surface area contributed by atoms with Gasteiger partial charge < -0.3 is 29.9 Å². The van der Waals surface area contributed by atoms with E-state index in [4.69, 9.17) is 9.47 Å². The molecular weight excluding hydrogens is 424 g/mol. The fraction of sp³-hybridized carbons (Fsp3) is 0.600. The topological polar surface area (TPSA) is 108 Å². The Hall–Kier alpha value is -2.42. The number of rotatable bonds is 8. The van der Waals surface area contributed by atoms with Crippen LogP contribution in [-0.2, 0) is 14.3 Å². The Morgan fingerprint density at radius 3 is 2.76 bits per heavy atom. The van der Waals surface area contributed by atoms with Crippen LogP contribution in [0.4, 0.5) is 0 Å². The maximum Gasteiger partial charge on any atom is 0.247 e. The van der Waals surface area contributed by atoms with E-state index in [-0.39, 0.29) is 30.9 Å². The lowest BCUT2D eigenvalue weighted by Crippen LogP contribution is -2.57. The maximum absolute atomic E-state index is 13.5. The van der Waals surface area contributed by atoms with Gasteiger partial charge in [0, 0.05) is 30.8 Å². The molecule has 0 aromatic heterocycles. The van der Waals surface area contributed by atoms with E-state index in [1.54, 1.807) is 11.0 Å². The molecule has 0 bridgehead atoms. The molecule has 4 rings (SSSR count). The van der Waals surface area contributed by atoms with Gasteiger partial charge in [-0.15, -0.1) is 0 Å². The molecule has 2 aliphatic heterocycles. The number of fused-ring (bicyclic) bond motifs is 3. The molecule has 1 aromatic carbocycles. The van der Waals surface area contributed by atoms with Crippen molar-refractivity contribution in [2.75, 3.05) is 32.9 Å². The van der Waals surface area contributed by atoms with Crippen LogP contribution in [0.5, 0.6) is 5.75 Å². The van der Waals surface area contributed by atoms with Crippen LogP contribution >= 0.6 is 0 Å². The van der Waals surface area contributed by atoms with Gasteiger partial charge in [-0.3, -0.25) is 9.59 Å². The van der Waals surface area contributed by atoms with Crippen LogP contribution in [-0.4, -0.2) is 78.1 Å². The minimum atomic E-state index is -0.991. The second kappa shape index (κ2) is 10.2. The lowest BCUT2D eigenvalue weighted by molar-refractivity contribution is -0.141. The monoisotopic (exact) mass is 458 g/mol. The highest BCUT2D eigenvalue weighted by Gasteiger charge is 2.50. The highest BCUT2D eigenvalue weighted by molar-refractivity contribution is 5.96. The number of amides is 2. The van der Waals surface area contributed by atoms with Gasteiger partial charge in [-0.25, -0.2) is 0 Å². The minimum absolute atomic E-state index is 0.0578. The zero-order chi connectivity index (χ0) is 23.5. The van der Waals surface area contributed by atoms with Crippen molar-refractivity contribution in [3.05, 3.63) is 41.5 Å². The number of nitrogens with zero attached hydrogens (tertiary/aromatic N) is 1. The van der Waals surface area contributed by atoms with Gasteiger partial charge in [-0.1, -0.05) is 32.0 Å². The molecule has 0 spiro atoms. The van der Waals surface area contributed by atoms with Gasteiger partial charge in [0.2, 0.25) is 11.8 Å². The number of hydrogen-bond acceptors (Lipinski definition) is 6. The van der Waals surface area contributed by atoms with Gasteiger partial charge in [0.05, 0.1) is 31.1 Å². The third-order valence-electron chi connectivity index (χ3n) is 6.75. The van der Waals surface area contributed by atoms with Crippen molar-refractivity contribution >= 4 is 11.8 Å². The van der Waals surface area contributed by atoms with E-state index < -0.39 is 24.2 Å². The summed E-state index contributed by atoms with van der Waals surface area (Å²) in [6, 6.07) is 6.77. The minimum Gasteiger partial charge on any atom is -0.486 e. The van der Waals surface area contributed by atoms with Crippen molar-refractivity contribution in [3.8, 4) is 5.75 Å². The first kappa shape index (κ1) is 23.7. The number of hydrogen-bond donors (Lipinski definition) is 3. The van der Waals surface area contributed by atoms with E-state index in [0.29, 0.717) is 43.4 Å². The molecule has 8 heteroatoms. The predicted molar refractivity (Wildman–Crippen MR) is 122 cm³/mol. The fourth-order valence-electron chi connectivity index (χ4n) is 4.96. The number of ether oxygens (including phenoxy) is 2. The van der Waals surface area contributed by atoms with E-state index in [0.717, 1.165) is 12.0 Å². The summed E-state index contributed by atoms with van der Waals surface area (Å²) >= 11 is 0. The van der Waals surface area contributed by atoms with Crippen LogP contribution in [0.15, 0.2) is 35.9 Å². The van der Waals surface area contributed by atoms with Gasteiger partial charge in [0.1, 0.15) is 18.0 Å². The van der Waals surface area contributed by atoms with Gasteiger partial charge in [0.15, 0.2) is 0 Å². The molecule has 1 aliphatic carbocycles. The number of carbonyl (C=O) groups is 2. The number of carbonyl (C=O) groups excluding carboxylic acids is 2. The Labute approximate surface area is 194 Å². The Balaban J connectivity index is 1.71. The zero-order valence-corrected chi connectivity index (χ0v) is 19.3. The lowest BCUT2D eigenvalue weighted by Gasteiger charge is -2.41. The van der Waals surface area contributed by atoms with Crippen molar-refractivity contribution in [1.82, 2.24) is 10.2 Å². The first-order chi connectivity index (χ1) is 15.9. The number of nitrogens with one attached hydrogen (secondary N) is 1. The molecule has 0 radical (unpaired) electrons. The molecule has 2 heterocycles. The summed E-state index contributed by atoms with van der Waals surface area (Å²) in [4.78, 5) is 28.3. The normalized spacial score (nSPS) is 28.0. The highest BCUT2D eigenvalue weighted by Crippen LogP contribution is 2.47. The van der Waals surface area contributed by atoms with Crippen LogP contribution < -0.4 is 10.1 Å². The number of benzene rings is 1. The highest BCUT2D eigenvalue weighted by atomic mass is 16.5. The second-order valence-corrected chi connectivity index (χ2v) is 9.46. The maximum atomic E-state index is 13.5. The SMILES string of the molecule is CC(C)CCN(C(=O)C1CCOC1)C1C=C(C(=O)NCCO)C2c3ccccc3OC2C1O.